The van der Waals surface area contributed by atoms with E-state index >= 15 is 0 Å². The Hall–Kier alpha value is -4.77. The zero-order valence-electron chi connectivity index (χ0n) is 23.3. The lowest BCUT2D eigenvalue weighted by Crippen LogP contribution is -2.23. The van der Waals surface area contributed by atoms with Crippen LogP contribution in [-0.2, 0) is 5.41 Å². The van der Waals surface area contributed by atoms with Gasteiger partial charge in [0.05, 0.1) is 29.1 Å². The number of ether oxygens (including phenoxy) is 1. The molecule has 0 amide bonds. The van der Waals surface area contributed by atoms with Crippen LogP contribution >= 0.6 is 0 Å². The minimum atomic E-state index is 0.112. The van der Waals surface area contributed by atoms with Gasteiger partial charge < -0.3 is 14.5 Å². The SMILES string of the molecule is CN1CN(c2cccc(Oc3ccc4c5ccccc5n(-c5ccccn5)c4c3)c2)c2ccc(C(C)(C)C)cc21. The van der Waals surface area contributed by atoms with Crippen molar-refractivity contribution < 1.29 is 4.74 Å². The summed E-state index contributed by atoms with van der Waals surface area (Å²) in [7, 11) is 2.15. The molecule has 0 fully saturated rings. The molecule has 0 saturated heterocycles. The lowest BCUT2D eigenvalue weighted by atomic mass is 9.86. The van der Waals surface area contributed by atoms with Crippen LogP contribution in [0.3, 0.4) is 0 Å². The maximum atomic E-state index is 6.48. The number of benzene rings is 4. The van der Waals surface area contributed by atoms with E-state index in [1.807, 2.05) is 30.5 Å². The van der Waals surface area contributed by atoms with Gasteiger partial charge in [-0.25, -0.2) is 4.98 Å². The molecule has 5 nitrogen and oxygen atoms in total. The first-order valence-corrected chi connectivity index (χ1v) is 13.7. The Morgan fingerprint density at radius 3 is 2.33 bits per heavy atom. The molecule has 0 unspecified atom stereocenters. The number of rotatable bonds is 4. The predicted molar refractivity (Wildman–Crippen MR) is 166 cm³/mol. The third-order valence-corrected chi connectivity index (χ3v) is 7.79. The van der Waals surface area contributed by atoms with Crippen LogP contribution in [0.15, 0.2) is 109 Å². The molecule has 0 saturated carbocycles. The van der Waals surface area contributed by atoms with Crippen LogP contribution in [-0.4, -0.2) is 23.3 Å². The van der Waals surface area contributed by atoms with E-state index in [1.54, 1.807) is 0 Å². The van der Waals surface area contributed by atoms with Gasteiger partial charge >= 0.3 is 0 Å². The fraction of sp³-hybridized carbons (Fsp3) is 0.171. The second-order valence-electron chi connectivity index (χ2n) is 11.5. The summed E-state index contributed by atoms with van der Waals surface area (Å²) in [5.74, 6) is 2.48. The third kappa shape index (κ3) is 4.06. The molecule has 5 heteroatoms. The fourth-order valence-corrected chi connectivity index (χ4v) is 5.71. The van der Waals surface area contributed by atoms with Crippen LogP contribution < -0.4 is 14.5 Å². The molecule has 7 rings (SSSR count). The topological polar surface area (TPSA) is 33.5 Å². The number of hydrogen-bond donors (Lipinski definition) is 0. The Kier molecular flexibility index (Phi) is 5.56. The summed E-state index contributed by atoms with van der Waals surface area (Å²) in [5, 5.41) is 2.37. The summed E-state index contributed by atoms with van der Waals surface area (Å²) in [4.78, 5) is 9.30. The largest absolute Gasteiger partial charge is 0.457 e. The van der Waals surface area contributed by atoms with Crippen molar-refractivity contribution in [3.63, 3.8) is 0 Å². The van der Waals surface area contributed by atoms with E-state index in [0.717, 1.165) is 40.7 Å². The summed E-state index contributed by atoms with van der Waals surface area (Å²) in [6.07, 6.45) is 1.83. The van der Waals surface area contributed by atoms with Crippen molar-refractivity contribution in [3.05, 3.63) is 115 Å². The molecule has 0 radical (unpaired) electrons. The highest BCUT2D eigenvalue weighted by Crippen LogP contribution is 2.43. The average Bonchev–Trinajstić information content (AvgIpc) is 3.47. The summed E-state index contributed by atoms with van der Waals surface area (Å²) in [5.41, 5.74) is 7.23. The van der Waals surface area contributed by atoms with E-state index < -0.39 is 0 Å². The van der Waals surface area contributed by atoms with E-state index in [1.165, 1.54) is 27.7 Å². The van der Waals surface area contributed by atoms with Crippen LogP contribution in [0.25, 0.3) is 27.6 Å². The minimum absolute atomic E-state index is 0.112. The van der Waals surface area contributed by atoms with Crippen LogP contribution in [0.5, 0.6) is 11.5 Å². The van der Waals surface area contributed by atoms with Crippen molar-refractivity contribution in [1.29, 1.82) is 0 Å². The van der Waals surface area contributed by atoms with Crippen LogP contribution in [0.4, 0.5) is 17.1 Å². The van der Waals surface area contributed by atoms with Crippen molar-refractivity contribution in [3.8, 4) is 17.3 Å². The number of pyridine rings is 1. The lowest BCUT2D eigenvalue weighted by molar-refractivity contribution is 0.483. The number of para-hydroxylation sites is 1. The van der Waals surface area contributed by atoms with Gasteiger partial charge in [0, 0.05) is 41.8 Å². The summed E-state index contributed by atoms with van der Waals surface area (Å²) >= 11 is 0. The first-order valence-electron chi connectivity index (χ1n) is 13.7. The quantitative estimate of drug-likeness (QED) is 0.231. The zero-order valence-corrected chi connectivity index (χ0v) is 23.3. The number of anilines is 3. The first kappa shape index (κ1) is 24.3. The first-order chi connectivity index (χ1) is 19.4. The highest BCUT2D eigenvalue weighted by Gasteiger charge is 2.27. The van der Waals surface area contributed by atoms with E-state index in [-0.39, 0.29) is 5.41 Å². The normalized spacial score (nSPS) is 13.3. The lowest BCUT2D eigenvalue weighted by Gasteiger charge is -2.22. The molecular weight excluding hydrogens is 492 g/mol. The van der Waals surface area contributed by atoms with Gasteiger partial charge in [0.25, 0.3) is 0 Å². The second-order valence-corrected chi connectivity index (χ2v) is 11.5. The Morgan fingerprint density at radius 2 is 1.50 bits per heavy atom. The van der Waals surface area contributed by atoms with Crippen LogP contribution in [0, 0.1) is 0 Å². The Bertz CT molecular complexity index is 1870. The van der Waals surface area contributed by atoms with Gasteiger partial charge in [0.15, 0.2) is 0 Å². The summed E-state index contributed by atoms with van der Waals surface area (Å²) in [6, 6.07) is 36.0. The highest BCUT2D eigenvalue weighted by atomic mass is 16.5. The van der Waals surface area contributed by atoms with Gasteiger partial charge in [-0.05, 0) is 65.6 Å². The molecule has 0 aliphatic carbocycles. The number of fused-ring (bicyclic) bond motifs is 4. The summed E-state index contributed by atoms with van der Waals surface area (Å²) < 4.78 is 8.68. The van der Waals surface area contributed by atoms with E-state index in [2.05, 4.69) is 126 Å². The van der Waals surface area contributed by atoms with E-state index in [0.29, 0.717) is 0 Å². The molecule has 0 bridgehead atoms. The molecule has 1 aliphatic heterocycles. The molecule has 0 spiro atoms. The summed E-state index contributed by atoms with van der Waals surface area (Å²) in [6.45, 7) is 7.57. The minimum Gasteiger partial charge on any atom is -0.457 e. The van der Waals surface area contributed by atoms with Crippen molar-refractivity contribution in [1.82, 2.24) is 9.55 Å². The zero-order chi connectivity index (χ0) is 27.4. The number of nitrogens with zero attached hydrogens (tertiary/aromatic N) is 4. The maximum absolute atomic E-state index is 6.48. The molecule has 1 aliphatic rings. The predicted octanol–water partition coefficient (Wildman–Crippen LogP) is 8.81. The smallest absolute Gasteiger partial charge is 0.137 e. The maximum Gasteiger partial charge on any atom is 0.137 e. The molecule has 6 aromatic rings. The van der Waals surface area contributed by atoms with Crippen LogP contribution in [0.1, 0.15) is 26.3 Å². The molecule has 4 aromatic carbocycles. The van der Waals surface area contributed by atoms with Crippen molar-refractivity contribution in [2.75, 3.05) is 23.5 Å². The van der Waals surface area contributed by atoms with E-state index in [9.17, 15) is 0 Å². The highest BCUT2D eigenvalue weighted by molar-refractivity contribution is 6.09. The molecule has 0 N–H and O–H groups in total. The molecular formula is C35H32N4O. The fourth-order valence-electron chi connectivity index (χ4n) is 5.71. The standard InChI is InChI=1S/C35H32N4O/c1-35(2,3)24-15-18-31-33(20-24)37(4)23-38(31)25-10-9-11-26(21-25)40-27-16-17-29-28-12-5-6-13-30(28)39(32(29)22-27)34-14-7-8-19-36-34/h5-22H,23H2,1-4H3. The van der Waals surface area contributed by atoms with Gasteiger partial charge in [-0.1, -0.05) is 57.2 Å². The average molecular weight is 525 g/mol. The van der Waals surface area contributed by atoms with Crippen molar-refractivity contribution in [2.45, 2.75) is 26.2 Å². The molecule has 198 valence electrons. The molecule has 2 aromatic heterocycles. The molecule has 40 heavy (non-hydrogen) atoms. The monoisotopic (exact) mass is 524 g/mol. The Morgan fingerprint density at radius 1 is 0.700 bits per heavy atom. The van der Waals surface area contributed by atoms with Gasteiger partial charge in [-0.2, -0.15) is 0 Å². The van der Waals surface area contributed by atoms with E-state index in [4.69, 9.17) is 4.74 Å². The van der Waals surface area contributed by atoms with Crippen molar-refractivity contribution in [2.24, 2.45) is 0 Å². The number of aromatic nitrogens is 2. The van der Waals surface area contributed by atoms with Gasteiger partial charge in [-0.15, -0.1) is 0 Å². The molecule has 0 atom stereocenters. The van der Waals surface area contributed by atoms with Crippen molar-refractivity contribution >= 4 is 38.9 Å². The van der Waals surface area contributed by atoms with Gasteiger partial charge in [-0.3, -0.25) is 4.57 Å². The Labute approximate surface area is 234 Å². The van der Waals surface area contributed by atoms with Gasteiger partial charge in [0.1, 0.15) is 17.3 Å². The van der Waals surface area contributed by atoms with Gasteiger partial charge in [0.2, 0.25) is 0 Å². The Balaban J connectivity index is 1.25. The molecule has 3 heterocycles. The second kappa shape index (κ2) is 9.16. The number of hydrogen-bond acceptors (Lipinski definition) is 4. The van der Waals surface area contributed by atoms with Crippen LogP contribution in [0.2, 0.25) is 0 Å². The third-order valence-electron chi connectivity index (χ3n) is 7.79.